The van der Waals surface area contributed by atoms with E-state index in [0.29, 0.717) is 17.9 Å². The molecule has 1 amide bonds. The van der Waals surface area contributed by atoms with E-state index in [-0.39, 0.29) is 17.5 Å². The summed E-state index contributed by atoms with van der Waals surface area (Å²) in [7, 11) is 1.64. The summed E-state index contributed by atoms with van der Waals surface area (Å²) in [6.07, 6.45) is 0.312. The molecular formula is C12H13FN2OS. The molecule has 0 radical (unpaired) electrons. The Kier molecular flexibility index (Phi) is 5.50. The molecule has 0 saturated carbocycles. The van der Waals surface area contributed by atoms with Gasteiger partial charge in [0.25, 0.3) is 0 Å². The van der Waals surface area contributed by atoms with Crippen molar-refractivity contribution in [2.45, 2.75) is 11.3 Å². The van der Waals surface area contributed by atoms with Gasteiger partial charge in [-0.3, -0.25) is 4.79 Å². The van der Waals surface area contributed by atoms with Crippen LogP contribution in [0, 0.1) is 17.1 Å². The van der Waals surface area contributed by atoms with Crippen molar-refractivity contribution >= 4 is 17.7 Å². The quantitative estimate of drug-likeness (QED) is 0.755. The standard InChI is InChI=1S/C12H13FN2OS/c1-15(8-4-7-14)12(16)9-17-11-6-3-2-5-10(11)13/h2-3,5-6H,4,8-9H2,1H3. The average Bonchev–Trinajstić information content (AvgIpc) is 2.34. The van der Waals surface area contributed by atoms with E-state index in [9.17, 15) is 9.18 Å². The Morgan fingerprint density at radius 3 is 2.88 bits per heavy atom. The van der Waals surface area contributed by atoms with Crippen LogP contribution >= 0.6 is 11.8 Å². The van der Waals surface area contributed by atoms with Gasteiger partial charge < -0.3 is 4.90 Å². The number of benzene rings is 1. The number of amides is 1. The van der Waals surface area contributed by atoms with Crippen LogP contribution in [0.25, 0.3) is 0 Å². The van der Waals surface area contributed by atoms with Crippen LogP contribution in [0.2, 0.25) is 0 Å². The summed E-state index contributed by atoms with van der Waals surface area (Å²) in [5, 5.41) is 8.40. The molecular weight excluding hydrogens is 239 g/mol. The van der Waals surface area contributed by atoms with Gasteiger partial charge in [-0.25, -0.2) is 4.39 Å². The number of carbonyl (C=O) groups is 1. The third kappa shape index (κ3) is 4.45. The van der Waals surface area contributed by atoms with Crippen LogP contribution in [0.15, 0.2) is 29.2 Å². The van der Waals surface area contributed by atoms with Crippen LogP contribution in [-0.2, 0) is 4.79 Å². The van der Waals surface area contributed by atoms with Crippen molar-refractivity contribution < 1.29 is 9.18 Å². The van der Waals surface area contributed by atoms with Crippen LogP contribution < -0.4 is 0 Å². The van der Waals surface area contributed by atoms with E-state index in [0.717, 1.165) is 0 Å². The summed E-state index contributed by atoms with van der Waals surface area (Å²) < 4.78 is 13.3. The predicted octanol–water partition coefficient (Wildman–Crippen LogP) is 2.29. The van der Waals surface area contributed by atoms with Crippen molar-refractivity contribution in [3.63, 3.8) is 0 Å². The highest BCUT2D eigenvalue weighted by Crippen LogP contribution is 2.21. The Hall–Kier alpha value is -1.54. The van der Waals surface area contributed by atoms with E-state index >= 15 is 0 Å². The minimum absolute atomic E-state index is 0.103. The molecule has 0 aliphatic heterocycles. The van der Waals surface area contributed by atoms with Gasteiger partial charge in [-0.2, -0.15) is 5.26 Å². The number of rotatable bonds is 5. The molecule has 0 bridgehead atoms. The average molecular weight is 252 g/mol. The lowest BCUT2D eigenvalue weighted by molar-refractivity contribution is -0.127. The number of nitrogens with zero attached hydrogens (tertiary/aromatic N) is 2. The zero-order valence-electron chi connectivity index (χ0n) is 9.52. The van der Waals surface area contributed by atoms with Crippen LogP contribution in [0.3, 0.4) is 0 Å². The Balaban J connectivity index is 2.43. The molecule has 0 atom stereocenters. The highest BCUT2D eigenvalue weighted by Gasteiger charge is 2.10. The van der Waals surface area contributed by atoms with E-state index in [2.05, 4.69) is 0 Å². The molecule has 1 aromatic rings. The van der Waals surface area contributed by atoms with Crippen molar-refractivity contribution in [2.75, 3.05) is 19.3 Å². The molecule has 0 fully saturated rings. The first-order chi connectivity index (χ1) is 8.15. The molecule has 5 heteroatoms. The lowest BCUT2D eigenvalue weighted by atomic mass is 10.3. The molecule has 17 heavy (non-hydrogen) atoms. The lowest BCUT2D eigenvalue weighted by Crippen LogP contribution is -2.29. The van der Waals surface area contributed by atoms with Gasteiger partial charge in [-0.05, 0) is 12.1 Å². The van der Waals surface area contributed by atoms with Gasteiger partial charge in [0.05, 0.1) is 18.2 Å². The van der Waals surface area contributed by atoms with Crippen LogP contribution in [-0.4, -0.2) is 30.2 Å². The fourth-order valence-corrected chi connectivity index (χ4v) is 2.03. The maximum absolute atomic E-state index is 13.3. The molecule has 0 saturated heterocycles. The molecule has 0 spiro atoms. The molecule has 0 aromatic heterocycles. The van der Waals surface area contributed by atoms with E-state index in [1.54, 1.807) is 25.2 Å². The Labute approximate surface area is 104 Å². The van der Waals surface area contributed by atoms with Gasteiger partial charge in [0.15, 0.2) is 0 Å². The van der Waals surface area contributed by atoms with Crippen LogP contribution in [0.4, 0.5) is 4.39 Å². The second-order valence-corrected chi connectivity index (χ2v) is 4.46. The normalized spacial score (nSPS) is 9.71. The highest BCUT2D eigenvalue weighted by molar-refractivity contribution is 8.00. The number of nitriles is 1. The summed E-state index contributed by atoms with van der Waals surface area (Å²) >= 11 is 1.17. The summed E-state index contributed by atoms with van der Waals surface area (Å²) in [6.45, 7) is 0.410. The van der Waals surface area contributed by atoms with Gasteiger partial charge in [-0.1, -0.05) is 12.1 Å². The van der Waals surface area contributed by atoms with Gasteiger partial charge in [0.1, 0.15) is 5.82 Å². The van der Waals surface area contributed by atoms with Crippen molar-refractivity contribution in [3.05, 3.63) is 30.1 Å². The number of carbonyl (C=O) groups excluding carboxylic acids is 1. The Morgan fingerprint density at radius 2 is 2.24 bits per heavy atom. The minimum atomic E-state index is -0.315. The molecule has 0 aliphatic carbocycles. The second-order valence-electron chi connectivity index (χ2n) is 3.44. The predicted molar refractivity (Wildman–Crippen MR) is 65.0 cm³/mol. The number of hydrogen-bond donors (Lipinski definition) is 0. The summed E-state index contributed by atoms with van der Waals surface area (Å²) in [6, 6.07) is 8.33. The molecule has 0 heterocycles. The monoisotopic (exact) mass is 252 g/mol. The van der Waals surface area contributed by atoms with Crippen molar-refractivity contribution in [3.8, 4) is 6.07 Å². The first-order valence-corrected chi connectivity index (χ1v) is 6.12. The van der Waals surface area contributed by atoms with Crippen molar-refractivity contribution in [1.29, 1.82) is 5.26 Å². The SMILES string of the molecule is CN(CCC#N)C(=O)CSc1ccccc1F. The van der Waals surface area contributed by atoms with Crippen molar-refractivity contribution in [2.24, 2.45) is 0 Å². The topological polar surface area (TPSA) is 44.1 Å². The summed E-state index contributed by atoms with van der Waals surface area (Å²) in [5.41, 5.74) is 0. The fraction of sp³-hybridized carbons (Fsp3) is 0.333. The zero-order chi connectivity index (χ0) is 12.7. The van der Waals surface area contributed by atoms with Gasteiger partial charge in [0.2, 0.25) is 5.91 Å². The highest BCUT2D eigenvalue weighted by atomic mass is 32.2. The minimum Gasteiger partial charge on any atom is -0.344 e. The maximum Gasteiger partial charge on any atom is 0.232 e. The number of halogens is 1. The first-order valence-electron chi connectivity index (χ1n) is 5.13. The zero-order valence-corrected chi connectivity index (χ0v) is 10.3. The Bertz CT molecular complexity index is 431. The molecule has 0 aliphatic rings. The van der Waals surface area contributed by atoms with Crippen LogP contribution in [0.5, 0.6) is 0 Å². The Morgan fingerprint density at radius 1 is 1.53 bits per heavy atom. The van der Waals surface area contributed by atoms with E-state index < -0.39 is 0 Å². The van der Waals surface area contributed by atoms with Gasteiger partial charge >= 0.3 is 0 Å². The maximum atomic E-state index is 13.3. The fourth-order valence-electron chi connectivity index (χ4n) is 1.15. The molecule has 3 nitrogen and oxygen atoms in total. The third-order valence-electron chi connectivity index (χ3n) is 2.17. The number of thioether (sulfide) groups is 1. The van der Waals surface area contributed by atoms with Gasteiger partial charge in [0, 0.05) is 18.5 Å². The first kappa shape index (κ1) is 13.5. The summed E-state index contributed by atoms with van der Waals surface area (Å²) in [5.74, 6) is -0.235. The summed E-state index contributed by atoms with van der Waals surface area (Å²) in [4.78, 5) is 13.6. The molecule has 90 valence electrons. The largest absolute Gasteiger partial charge is 0.344 e. The lowest BCUT2D eigenvalue weighted by Gasteiger charge is -2.14. The second kappa shape index (κ2) is 6.92. The van der Waals surface area contributed by atoms with Gasteiger partial charge in [-0.15, -0.1) is 11.8 Å². The third-order valence-corrected chi connectivity index (χ3v) is 3.21. The smallest absolute Gasteiger partial charge is 0.232 e. The van der Waals surface area contributed by atoms with E-state index in [1.807, 2.05) is 6.07 Å². The molecule has 0 N–H and O–H groups in total. The molecule has 0 unspecified atom stereocenters. The van der Waals surface area contributed by atoms with Crippen molar-refractivity contribution in [1.82, 2.24) is 4.90 Å². The molecule has 1 rings (SSSR count). The van der Waals surface area contributed by atoms with E-state index in [4.69, 9.17) is 5.26 Å². The molecule has 1 aromatic carbocycles. The van der Waals surface area contributed by atoms with Crippen LogP contribution in [0.1, 0.15) is 6.42 Å². The van der Waals surface area contributed by atoms with E-state index in [1.165, 1.54) is 22.7 Å². The number of hydrogen-bond acceptors (Lipinski definition) is 3.